The van der Waals surface area contributed by atoms with Gasteiger partial charge in [-0.25, -0.2) is 0 Å². The summed E-state index contributed by atoms with van der Waals surface area (Å²) in [5.41, 5.74) is 1.24. The van der Waals surface area contributed by atoms with Gasteiger partial charge in [0.15, 0.2) is 11.2 Å². The van der Waals surface area contributed by atoms with Crippen molar-refractivity contribution in [2.24, 2.45) is 28.6 Å². The molecule has 4 aliphatic carbocycles. The molecule has 0 unspecified atom stereocenters. The average Bonchev–Trinajstić information content (AvgIpc) is 3.23. The second-order valence-corrected chi connectivity index (χ2v) is 13.0. The second kappa shape index (κ2) is 8.24. The Labute approximate surface area is 223 Å². The number of nitrogens with zero attached hydrogens (tertiary/aromatic N) is 3. The molecule has 4 saturated carbocycles. The van der Waals surface area contributed by atoms with Crippen molar-refractivity contribution < 1.29 is 4.79 Å². The van der Waals surface area contributed by atoms with E-state index >= 15 is 0 Å². The SMILES string of the molecule is CSc1ccc([C@H]2[C@H](C(=O)C34CC5CC(CC(C5)C3)C4)N3C=Cc4ccccc4[C@H]3C2(C#N)C#N)cc1. The smallest absolute Gasteiger partial charge is 0.177 e. The van der Waals surface area contributed by atoms with Gasteiger partial charge in [0.05, 0.1) is 24.2 Å². The summed E-state index contributed by atoms with van der Waals surface area (Å²) in [5.74, 6) is 1.73. The molecule has 1 saturated heterocycles. The summed E-state index contributed by atoms with van der Waals surface area (Å²) in [6.07, 6.45) is 12.9. The first-order valence-corrected chi connectivity index (χ1v) is 14.8. The number of ketones is 1. The maximum atomic E-state index is 15.0. The molecular weight excluding hydrogens is 474 g/mol. The fraction of sp³-hybridized carbons (Fsp3) is 0.469. The first-order chi connectivity index (χ1) is 18.0. The van der Waals surface area contributed by atoms with Crippen molar-refractivity contribution in [1.82, 2.24) is 4.90 Å². The number of fused-ring (bicyclic) bond motifs is 3. The largest absolute Gasteiger partial charge is 0.357 e. The Morgan fingerprint density at radius 3 is 2.16 bits per heavy atom. The highest BCUT2D eigenvalue weighted by molar-refractivity contribution is 7.98. The minimum absolute atomic E-state index is 0.284. The van der Waals surface area contributed by atoms with E-state index in [2.05, 4.69) is 35.2 Å². The third kappa shape index (κ3) is 3.17. The molecule has 4 bridgehead atoms. The van der Waals surface area contributed by atoms with Crippen LogP contribution in [0, 0.1) is 51.2 Å². The van der Waals surface area contributed by atoms with Crippen LogP contribution in [0.25, 0.3) is 6.08 Å². The van der Waals surface area contributed by atoms with Crippen LogP contribution in [0.1, 0.15) is 67.2 Å². The number of Topliss-reactive ketones (excluding diaryl/α,β-unsaturated/α-hetero) is 1. The van der Waals surface area contributed by atoms with E-state index in [4.69, 9.17) is 0 Å². The summed E-state index contributed by atoms with van der Waals surface area (Å²) in [6.45, 7) is 0. The number of rotatable bonds is 4. The highest BCUT2D eigenvalue weighted by atomic mass is 32.2. The van der Waals surface area contributed by atoms with Crippen molar-refractivity contribution in [3.8, 4) is 12.1 Å². The lowest BCUT2D eigenvalue weighted by atomic mass is 9.47. The first-order valence-electron chi connectivity index (χ1n) is 13.6. The fourth-order valence-corrected chi connectivity index (χ4v) is 9.61. The van der Waals surface area contributed by atoms with Crippen molar-refractivity contribution in [2.75, 3.05) is 6.26 Å². The van der Waals surface area contributed by atoms with Crippen molar-refractivity contribution in [3.05, 3.63) is 71.4 Å². The summed E-state index contributed by atoms with van der Waals surface area (Å²) in [7, 11) is 0. The zero-order chi connectivity index (χ0) is 25.4. The molecule has 0 N–H and O–H groups in total. The quantitative estimate of drug-likeness (QED) is 0.432. The van der Waals surface area contributed by atoms with E-state index in [0.717, 1.165) is 40.8 Å². The van der Waals surface area contributed by atoms with Gasteiger partial charge >= 0.3 is 0 Å². The van der Waals surface area contributed by atoms with Crippen LogP contribution in [-0.4, -0.2) is 23.0 Å². The van der Waals surface area contributed by atoms with E-state index in [1.807, 2.05) is 48.9 Å². The number of benzene rings is 2. The minimum Gasteiger partial charge on any atom is -0.357 e. The van der Waals surface area contributed by atoms with Crippen LogP contribution in [0.2, 0.25) is 0 Å². The Morgan fingerprint density at radius 2 is 1.57 bits per heavy atom. The van der Waals surface area contributed by atoms with E-state index < -0.39 is 23.4 Å². The van der Waals surface area contributed by atoms with Crippen LogP contribution in [-0.2, 0) is 4.79 Å². The van der Waals surface area contributed by atoms with Crippen LogP contribution < -0.4 is 0 Å². The Bertz CT molecular complexity index is 1330. The Balaban J connectivity index is 1.42. The molecule has 5 heteroatoms. The highest BCUT2D eigenvalue weighted by Gasteiger charge is 2.67. The third-order valence-electron chi connectivity index (χ3n) is 10.2. The van der Waals surface area contributed by atoms with Crippen LogP contribution in [0.4, 0.5) is 0 Å². The summed E-state index contributed by atoms with van der Waals surface area (Å²) < 4.78 is 0. The Morgan fingerprint density at radius 1 is 0.946 bits per heavy atom. The molecule has 5 fully saturated rings. The Kier molecular flexibility index (Phi) is 5.15. The zero-order valence-electron chi connectivity index (χ0n) is 21.1. The molecular formula is C32H31N3OS. The van der Waals surface area contributed by atoms with Crippen LogP contribution in [0.3, 0.4) is 0 Å². The number of nitriles is 2. The molecule has 37 heavy (non-hydrogen) atoms. The van der Waals surface area contributed by atoms with Gasteiger partial charge < -0.3 is 4.90 Å². The maximum Gasteiger partial charge on any atom is 0.177 e. The van der Waals surface area contributed by atoms with Crippen LogP contribution in [0.15, 0.2) is 59.6 Å². The second-order valence-electron chi connectivity index (χ2n) is 12.1. The molecule has 0 amide bonds. The fourth-order valence-electron chi connectivity index (χ4n) is 9.21. The molecule has 0 aromatic heterocycles. The predicted molar refractivity (Wildman–Crippen MR) is 144 cm³/mol. The lowest BCUT2D eigenvalue weighted by Crippen LogP contribution is -2.55. The lowest BCUT2D eigenvalue weighted by molar-refractivity contribution is -0.148. The van der Waals surface area contributed by atoms with Gasteiger partial charge in [0, 0.05) is 22.4 Å². The van der Waals surface area contributed by atoms with E-state index in [1.165, 1.54) is 19.3 Å². The molecule has 2 aromatic carbocycles. The van der Waals surface area contributed by atoms with Gasteiger partial charge in [-0.2, -0.15) is 10.5 Å². The lowest BCUT2D eigenvalue weighted by Gasteiger charge is -2.57. The van der Waals surface area contributed by atoms with E-state index in [9.17, 15) is 15.3 Å². The van der Waals surface area contributed by atoms with Crippen LogP contribution in [0.5, 0.6) is 0 Å². The number of thioether (sulfide) groups is 1. The molecule has 2 aliphatic heterocycles. The molecule has 3 atom stereocenters. The normalized spacial score (nSPS) is 35.9. The zero-order valence-corrected chi connectivity index (χ0v) is 22.0. The molecule has 4 nitrogen and oxygen atoms in total. The molecule has 2 heterocycles. The standard InChI is InChI=1S/C32H31N3OS/c1-37-25-8-6-24(7-9-25)27-28(30(36)31-15-20-12-21(16-31)14-22(13-20)17-31)35-11-10-23-4-2-3-5-26(23)29(35)32(27,18-33)19-34/h2-11,20-22,27-29H,12-17H2,1H3/t20?,21?,22?,27-,28+,29-,31?/m0/s1. The van der Waals surface area contributed by atoms with Crippen molar-refractivity contribution >= 4 is 23.6 Å². The first kappa shape index (κ1) is 23.1. The molecule has 6 aliphatic rings. The molecule has 2 aromatic rings. The summed E-state index contributed by atoms with van der Waals surface area (Å²) in [6, 6.07) is 20.3. The molecule has 186 valence electrons. The van der Waals surface area contributed by atoms with Gasteiger partial charge in [0.2, 0.25) is 0 Å². The van der Waals surface area contributed by atoms with Gasteiger partial charge in [-0.1, -0.05) is 36.4 Å². The van der Waals surface area contributed by atoms with Crippen LogP contribution >= 0.6 is 11.8 Å². The number of carbonyl (C=O) groups is 1. The van der Waals surface area contributed by atoms with Crippen molar-refractivity contribution in [1.29, 1.82) is 10.5 Å². The van der Waals surface area contributed by atoms with Gasteiger partial charge in [0.1, 0.15) is 0 Å². The van der Waals surface area contributed by atoms with Crippen molar-refractivity contribution in [2.45, 2.75) is 61.4 Å². The minimum atomic E-state index is -1.37. The predicted octanol–water partition coefficient (Wildman–Crippen LogP) is 6.72. The van der Waals surface area contributed by atoms with Gasteiger partial charge in [-0.15, -0.1) is 11.8 Å². The van der Waals surface area contributed by atoms with Gasteiger partial charge in [-0.3, -0.25) is 4.79 Å². The number of carbonyl (C=O) groups excluding carboxylic acids is 1. The summed E-state index contributed by atoms with van der Waals surface area (Å²) in [5, 5.41) is 21.6. The number of hydrogen-bond acceptors (Lipinski definition) is 5. The summed E-state index contributed by atoms with van der Waals surface area (Å²) >= 11 is 1.67. The maximum absolute atomic E-state index is 15.0. The monoisotopic (exact) mass is 505 g/mol. The summed E-state index contributed by atoms with van der Waals surface area (Å²) in [4.78, 5) is 18.2. The van der Waals surface area contributed by atoms with E-state index in [1.54, 1.807) is 11.8 Å². The van der Waals surface area contributed by atoms with Gasteiger partial charge in [0.25, 0.3) is 0 Å². The topological polar surface area (TPSA) is 67.9 Å². The molecule has 0 spiro atoms. The number of hydrogen-bond donors (Lipinski definition) is 0. The van der Waals surface area contributed by atoms with E-state index in [-0.39, 0.29) is 11.2 Å². The molecule has 8 rings (SSSR count). The average molecular weight is 506 g/mol. The van der Waals surface area contributed by atoms with E-state index in [0.29, 0.717) is 17.8 Å². The van der Waals surface area contributed by atoms with Gasteiger partial charge in [-0.05, 0) is 97.4 Å². The van der Waals surface area contributed by atoms with Crippen molar-refractivity contribution in [3.63, 3.8) is 0 Å². The molecule has 0 radical (unpaired) electrons. The highest BCUT2D eigenvalue weighted by Crippen LogP contribution is 2.65. The third-order valence-corrected chi connectivity index (χ3v) is 11.0. The Hall–Kier alpha value is -3.02.